The van der Waals surface area contributed by atoms with Gasteiger partial charge in [0.2, 0.25) is 0 Å². The Morgan fingerprint density at radius 1 is 1.19 bits per heavy atom. The van der Waals surface area contributed by atoms with E-state index < -0.39 is 4.92 Å². The fourth-order valence-electron chi connectivity index (χ4n) is 2.66. The van der Waals surface area contributed by atoms with E-state index >= 15 is 0 Å². The topological polar surface area (TPSA) is 93.9 Å². The Hall–Kier alpha value is -3.13. The van der Waals surface area contributed by atoms with Crippen LogP contribution in [0.3, 0.4) is 0 Å². The lowest BCUT2D eigenvalue weighted by Crippen LogP contribution is -2.37. The van der Waals surface area contributed by atoms with E-state index in [4.69, 9.17) is 9.47 Å². The highest BCUT2D eigenvalue weighted by atomic mass is 16.6. The maximum atomic E-state index is 12.2. The molecule has 1 saturated heterocycles. The third-order valence-electron chi connectivity index (χ3n) is 3.93. The molecular weight excluding hydrogens is 338 g/mol. The van der Waals surface area contributed by atoms with E-state index in [0.717, 1.165) is 0 Å². The van der Waals surface area contributed by atoms with E-state index in [0.29, 0.717) is 43.4 Å². The largest absolute Gasteiger partial charge is 0.484 e. The molecule has 1 fully saturated rings. The minimum atomic E-state index is -0.450. The van der Waals surface area contributed by atoms with Gasteiger partial charge in [0.15, 0.2) is 6.61 Å². The molecule has 0 aliphatic carbocycles. The molecule has 1 N–H and O–H groups in total. The number of nitro benzene ring substituents is 1. The first-order valence-corrected chi connectivity index (χ1v) is 8.22. The number of nitrogens with zero attached hydrogens (tertiary/aromatic N) is 2. The van der Waals surface area contributed by atoms with Crippen LogP contribution in [0.5, 0.6) is 5.75 Å². The second kappa shape index (κ2) is 8.30. The Morgan fingerprint density at radius 3 is 2.62 bits per heavy atom. The van der Waals surface area contributed by atoms with Crippen LogP contribution < -0.4 is 15.0 Å². The molecule has 8 nitrogen and oxygen atoms in total. The van der Waals surface area contributed by atoms with E-state index in [1.165, 1.54) is 12.1 Å². The number of carbonyl (C=O) groups is 1. The second-order valence-electron chi connectivity index (χ2n) is 5.71. The zero-order chi connectivity index (χ0) is 18.4. The monoisotopic (exact) mass is 357 g/mol. The average Bonchev–Trinajstić information content (AvgIpc) is 2.68. The van der Waals surface area contributed by atoms with Gasteiger partial charge in [-0.2, -0.15) is 0 Å². The molecule has 0 saturated carbocycles. The van der Waals surface area contributed by atoms with Crippen molar-refractivity contribution in [1.82, 2.24) is 0 Å². The maximum absolute atomic E-state index is 12.2. The van der Waals surface area contributed by atoms with Gasteiger partial charge >= 0.3 is 0 Å². The van der Waals surface area contributed by atoms with Crippen LogP contribution >= 0.6 is 0 Å². The van der Waals surface area contributed by atoms with Crippen LogP contribution in [-0.4, -0.2) is 43.7 Å². The molecule has 0 unspecified atom stereocenters. The van der Waals surface area contributed by atoms with E-state index in [1.807, 2.05) is 23.1 Å². The Bertz CT molecular complexity index is 776. The summed E-state index contributed by atoms with van der Waals surface area (Å²) in [6.45, 7) is 2.12. The molecule has 0 aromatic heterocycles. The van der Waals surface area contributed by atoms with Gasteiger partial charge in [-0.1, -0.05) is 18.2 Å². The van der Waals surface area contributed by atoms with Crippen molar-refractivity contribution in [2.45, 2.75) is 0 Å². The Kier molecular flexibility index (Phi) is 5.65. The van der Waals surface area contributed by atoms with E-state index in [-0.39, 0.29) is 18.2 Å². The number of non-ortho nitro benzene ring substituents is 1. The molecule has 1 heterocycles. The van der Waals surface area contributed by atoms with Crippen LogP contribution in [0.1, 0.15) is 0 Å². The van der Waals surface area contributed by atoms with Crippen molar-refractivity contribution >= 4 is 23.0 Å². The highest BCUT2D eigenvalue weighted by Crippen LogP contribution is 2.31. The summed E-state index contributed by atoms with van der Waals surface area (Å²) in [6.07, 6.45) is 0. The highest BCUT2D eigenvalue weighted by Gasteiger charge is 2.19. The van der Waals surface area contributed by atoms with Gasteiger partial charge in [0.1, 0.15) is 5.75 Å². The summed E-state index contributed by atoms with van der Waals surface area (Å²) < 4.78 is 10.8. The summed E-state index contributed by atoms with van der Waals surface area (Å²) >= 11 is 0. The summed E-state index contributed by atoms with van der Waals surface area (Å²) in [7, 11) is 0. The lowest BCUT2D eigenvalue weighted by molar-refractivity contribution is -0.384. The standard InChI is InChI=1S/C18H19N3O5/c22-18(13-26-15-4-2-1-3-5-15)19-16-7-6-14(21(23)24)12-17(16)20-8-10-25-11-9-20/h1-7,12H,8-11,13H2,(H,19,22). The maximum Gasteiger partial charge on any atom is 0.271 e. The van der Waals surface area contributed by atoms with Crippen molar-refractivity contribution in [2.24, 2.45) is 0 Å². The molecule has 1 aliphatic rings. The van der Waals surface area contributed by atoms with Crippen LogP contribution in [0.25, 0.3) is 0 Å². The van der Waals surface area contributed by atoms with Crippen LogP contribution in [0.4, 0.5) is 17.1 Å². The molecule has 0 spiro atoms. The normalized spacial score (nSPS) is 13.9. The van der Waals surface area contributed by atoms with E-state index in [2.05, 4.69) is 5.32 Å². The Morgan fingerprint density at radius 2 is 1.92 bits per heavy atom. The van der Waals surface area contributed by atoms with Gasteiger partial charge in [-0.25, -0.2) is 0 Å². The first kappa shape index (κ1) is 17.7. The Labute approximate surface area is 150 Å². The fraction of sp³-hybridized carbons (Fsp3) is 0.278. The fourth-order valence-corrected chi connectivity index (χ4v) is 2.66. The first-order chi connectivity index (χ1) is 12.6. The molecular formula is C18H19N3O5. The number of carbonyl (C=O) groups excluding carboxylic acids is 1. The van der Waals surface area contributed by atoms with Gasteiger partial charge < -0.3 is 19.7 Å². The average molecular weight is 357 g/mol. The van der Waals surface area contributed by atoms with Crippen molar-refractivity contribution in [3.8, 4) is 5.75 Å². The molecule has 26 heavy (non-hydrogen) atoms. The molecule has 1 amide bonds. The van der Waals surface area contributed by atoms with Crippen molar-refractivity contribution in [3.05, 3.63) is 58.6 Å². The second-order valence-corrected chi connectivity index (χ2v) is 5.71. The van der Waals surface area contributed by atoms with Crippen LogP contribution in [0.15, 0.2) is 48.5 Å². The van der Waals surface area contributed by atoms with Crippen molar-refractivity contribution in [1.29, 1.82) is 0 Å². The summed E-state index contributed by atoms with van der Waals surface area (Å²) in [6, 6.07) is 13.4. The summed E-state index contributed by atoms with van der Waals surface area (Å²) in [4.78, 5) is 24.8. The van der Waals surface area contributed by atoms with Crippen molar-refractivity contribution in [2.75, 3.05) is 43.1 Å². The van der Waals surface area contributed by atoms with Gasteiger partial charge in [-0.15, -0.1) is 0 Å². The van der Waals surface area contributed by atoms with Crippen molar-refractivity contribution in [3.63, 3.8) is 0 Å². The minimum Gasteiger partial charge on any atom is -0.484 e. The number of para-hydroxylation sites is 1. The predicted octanol–water partition coefficient (Wildman–Crippen LogP) is 2.45. The number of rotatable bonds is 6. The summed E-state index contributed by atoms with van der Waals surface area (Å²) in [5, 5.41) is 13.9. The van der Waals surface area contributed by atoms with Crippen LogP contribution in [0, 0.1) is 10.1 Å². The zero-order valence-corrected chi connectivity index (χ0v) is 14.1. The predicted molar refractivity (Wildman–Crippen MR) is 96.7 cm³/mol. The van der Waals surface area contributed by atoms with Crippen LogP contribution in [-0.2, 0) is 9.53 Å². The summed E-state index contributed by atoms with van der Waals surface area (Å²) in [5.41, 5.74) is 1.10. The molecule has 0 atom stereocenters. The van der Waals surface area contributed by atoms with E-state index in [9.17, 15) is 14.9 Å². The van der Waals surface area contributed by atoms with Gasteiger partial charge in [0.05, 0.1) is 29.5 Å². The third kappa shape index (κ3) is 4.48. The lowest BCUT2D eigenvalue weighted by atomic mass is 10.2. The highest BCUT2D eigenvalue weighted by molar-refractivity contribution is 5.95. The number of ether oxygens (including phenoxy) is 2. The number of hydrogen-bond acceptors (Lipinski definition) is 6. The number of amides is 1. The van der Waals surface area contributed by atoms with Gasteiger partial charge in [-0.05, 0) is 18.2 Å². The van der Waals surface area contributed by atoms with Gasteiger partial charge in [0, 0.05) is 25.2 Å². The molecule has 3 rings (SSSR count). The zero-order valence-electron chi connectivity index (χ0n) is 14.1. The molecule has 2 aromatic rings. The smallest absolute Gasteiger partial charge is 0.271 e. The number of nitro groups is 1. The molecule has 0 radical (unpaired) electrons. The quantitative estimate of drug-likeness (QED) is 0.630. The minimum absolute atomic E-state index is 0.0231. The number of benzene rings is 2. The third-order valence-corrected chi connectivity index (χ3v) is 3.93. The number of nitrogens with one attached hydrogen (secondary N) is 1. The van der Waals surface area contributed by atoms with Gasteiger partial charge in [0.25, 0.3) is 11.6 Å². The SMILES string of the molecule is O=C(COc1ccccc1)Nc1ccc([N+](=O)[O-])cc1N1CCOCC1. The number of hydrogen-bond donors (Lipinski definition) is 1. The van der Waals surface area contributed by atoms with Crippen molar-refractivity contribution < 1.29 is 19.2 Å². The molecule has 136 valence electrons. The van der Waals surface area contributed by atoms with E-state index in [1.54, 1.807) is 18.2 Å². The van der Waals surface area contributed by atoms with Crippen LogP contribution in [0.2, 0.25) is 0 Å². The molecule has 1 aliphatic heterocycles. The lowest BCUT2D eigenvalue weighted by Gasteiger charge is -2.30. The summed E-state index contributed by atoms with van der Waals surface area (Å²) in [5.74, 6) is 0.261. The van der Waals surface area contributed by atoms with Gasteiger partial charge in [-0.3, -0.25) is 14.9 Å². The molecule has 8 heteroatoms. The molecule has 2 aromatic carbocycles. The number of morpholine rings is 1. The number of anilines is 2. The molecule has 0 bridgehead atoms. The first-order valence-electron chi connectivity index (χ1n) is 8.22. The Balaban J connectivity index is 1.73.